The first-order valence-electron chi connectivity index (χ1n) is 33.9. The number of rotatable bonds is 64. The van der Waals surface area contributed by atoms with Crippen LogP contribution in [0.4, 0.5) is 0 Å². The van der Waals surface area contributed by atoms with Crippen molar-refractivity contribution in [1.82, 2.24) is 21.9 Å². The van der Waals surface area contributed by atoms with Gasteiger partial charge in [0, 0.05) is 90.4 Å². The van der Waals surface area contributed by atoms with Gasteiger partial charge in [-0.1, -0.05) is 137 Å². The molecule has 0 amide bonds. The summed E-state index contributed by atoms with van der Waals surface area (Å²) in [7, 11) is 0. The zero-order chi connectivity index (χ0) is 65.5. The van der Waals surface area contributed by atoms with E-state index in [1.165, 1.54) is 0 Å². The molecule has 0 fully saturated rings. The molecule has 0 heterocycles. The number of hydrogen-bond acceptors (Lipinski definition) is 24. The summed E-state index contributed by atoms with van der Waals surface area (Å²) in [6, 6.07) is 0. The molecule has 24 nitrogen and oxygen atoms in total. The van der Waals surface area contributed by atoms with Gasteiger partial charge in [0.1, 0.15) is 26.4 Å². The molecule has 0 aliphatic heterocycles. The van der Waals surface area contributed by atoms with Gasteiger partial charge >= 0.3 is 59.7 Å². The Morgan fingerprint density at radius 1 is 0.225 bits per heavy atom. The molecular weight excluding hydrogens is 1160 g/mol. The maximum Gasteiger partial charge on any atom is 0.324 e. The summed E-state index contributed by atoms with van der Waals surface area (Å²) >= 11 is 0. The topological polar surface area (TPSA) is 311 Å². The van der Waals surface area contributed by atoms with E-state index in [0.717, 1.165) is 109 Å². The van der Waals surface area contributed by atoms with Crippen molar-refractivity contribution in [3.8, 4) is 0 Å². The number of esters is 6. The third-order valence-corrected chi connectivity index (χ3v) is 13.9. The van der Waals surface area contributed by atoms with Gasteiger partial charge in [-0.05, 0) is 89.9 Å². The number of carbonyl (C=O) groups excluding carboxylic acids is 10. The average Bonchev–Trinajstić information content (AvgIpc) is 3.67. The lowest BCUT2D eigenvalue weighted by Gasteiger charge is -2.18. The van der Waals surface area contributed by atoms with Crippen LogP contribution in [0, 0.1) is 0 Å². The van der Waals surface area contributed by atoms with Crippen LogP contribution < -0.4 is 21.9 Å². The van der Waals surface area contributed by atoms with Gasteiger partial charge in [0.25, 0.3) is 0 Å². The van der Waals surface area contributed by atoms with Crippen LogP contribution >= 0.6 is 0 Å². The highest BCUT2D eigenvalue weighted by atomic mass is 16.7. The van der Waals surface area contributed by atoms with Gasteiger partial charge < -0.3 is 47.8 Å². The molecule has 0 saturated heterocycles. The SMILES string of the molecule is CCCCNOC(=O)CCCCCCCC(=O)OCC(COC(=O)CCCCCCCC(=O)OCC(COC(=O)CCCCCC(=O)ONCCCC)OC(=O)CCCCCCCC(=O)ONCCCC)OC(=O)CCCCCCCC(=O)ONCCCC. The summed E-state index contributed by atoms with van der Waals surface area (Å²) < 4.78 is 33.0. The smallest absolute Gasteiger partial charge is 0.324 e. The molecule has 2 unspecified atom stereocenters. The van der Waals surface area contributed by atoms with E-state index in [1.54, 1.807) is 0 Å². The van der Waals surface area contributed by atoms with Gasteiger partial charge in [-0.25, -0.2) is 0 Å². The molecule has 0 aromatic heterocycles. The van der Waals surface area contributed by atoms with Gasteiger partial charge in [-0.3, -0.25) is 47.9 Å². The molecule has 0 aliphatic rings. The molecule has 0 rings (SSSR count). The van der Waals surface area contributed by atoms with Crippen LogP contribution in [0.3, 0.4) is 0 Å². The van der Waals surface area contributed by atoms with Gasteiger partial charge in [0.05, 0.1) is 0 Å². The first-order valence-corrected chi connectivity index (χ1v) is 33.9. The zero-order valence-electron chi connectivity index (χ0n) is 55.0. The number of hydrogen-bond donors (Lipinski definition) is 4. The molecule has 4 N–H and O–H groups in total. The van der Waals surface area contributed by atoms with Crippen molar-refractivity contribution in [2.24, 2.45) is 0 Å². The highest BCUT2D eigenvalue weighted by molar-refractivity contribution is 5.73. The van der Waals surface area contributed by atoms with Crippen LogP contribution in [-0.4, -0.2) is 125 Å². The van der Waals surface area contributed by atoms with E-state index < -0.39 is 48.0 Å². The molecule has 0 aromatic carbocycles. The molecule has 2 atom stereocenters. The Hall–Kier alpha value is -5.46. The minimum absolute atomic E-state index is 0.0865. The largest absolute Gasteiger partial charge is 0.462 e. The second kappa shape index (κ2) is 62.7. The Morgan fingerprint density at radius 3 is 0.596 bits per heavy atom. The fourth-order valence-electron chi connectivity index (χ4n) is 8.47. The van der Waals surface area contributed by atoms with Gasteiger partial charge in [-0.15, -0.1) is 0 Å². The summed E-state index contributed by atoms with van der Waals surface area (Å²) in [5.41, 5.74) is 10.7. The quantitative estimate of drug-likeness (QED) is 0.0190. The van der Waals surface area contributed by atoms with Crippen molar-refractivity contribution in [2.75, 3.05) is 52.6 Å². The third-order valence-electron chi connectivity index (χ3n) is 13.9. The van der Waals surface area contributed by atoms with Crippen LogP contribution in [-0.2, 0) is 95.7 Å². The van der Waals surface area contributed by atoms with Crippen LogP contribution in [0.1, 0.15) is 291 Å². The van der Waals surface area contributed by atoms with Crippen molar-refractivity contribution in [3.05, 3.63) is 0 Å². The van der Waals surface area contributed by atoms with Crippen LogP contribution in [0.15, 0.2) is 0 Å². The predicted molar refractivity (Wildman–Crippen MR) is 332 cm³/mol. The summed E-state index contributed by atoms with van der Waals surface area (Å²) in [5, 5.41) is 0. The number of hydroxylamine groups is 4. The molecule has 89 heavy (non-hydrogen) atoms. The maximum absolute atomic E-state index is 12.9. The van der Waals surface area contributed by atoms with Crippen LogP contribution in [0.25, 0.3) is 0 Å². The summed E-state index contributed by atoms with van der Waals surface area (Å²) in [6.45, 7) is 9.45. The Bertz CT molecular complexity index is 1860. The van der Waals surface area contributed by atoms with Gasteiger partial charge in [-0.2, -0.15) is 21.9 Å². The fourth-order valence-corrected chi connectivity index (χ4v) is 8.47. The number of ether oxygens (including phenoxy) is 6. The van der Waals surface area contributed by atoms with Crippen molar-refractivity contribution >= 4 is 59.7 Å². The summed E-state index contributed by atoms with van der Waals surface area (Å²) in [5.74, 6) is -4.29. The number of unbranched alkanes of at least 4 members (excludes halogenated alkanes) is 22. The Labute approximate surface area is 531 Å². The monoisotopic (exact) mass is 1270 g/mol. The highest BCUT2D eigenvalue weighted by Crippen LogP contribution is 2.15. The Balaban J connectivity index is 4.99. The van der Waals surface area contributed by atoms with Crippen molar-refractivity contribution in [1.29, 1.82) is 0 Å². The van der Waals surface area contributed by atoms with E-state index in [9.17, 15) is 47.9 Å². The average molecular weight is 1270 g/mol. The molecule has 0 aromatic rings. The first kappa shape index (κ1) is 83.5. The molecule has 0 saturated carbocycles. The fraction of sp³-hybridized carbons (Fsp3) is 0.846. The summed E-state index contributed by atoms with van der Waals surface area (Å²) in [4.78, 5) is 144. The van der Waals surface area contributed by atoms with E-state index >= 15 is 0 Å². The highest BCUT2D eigenvalue weighted by Gasteiger charge is 2.22. The van der Waals surface area contributed by atoms with Crippen LogP contribution in [0.2, 0.25) is 0 Å². The van der Waals surface area contributed by atoms with Crippen molar-refractivity contribution in [3.63, 3.8) is 0 Å². The summed E-state index contributed by atoms with van der Waals surface area (Å²) in [6.07, 6.45) is 22.8. The molecule has 0 bridgehead atoms. The zero-order valence-corrected chi connectivity index (χ0v) is 55.0. The molecule has 0 radical (unpaired) electrons. The minimum Gasteiger partial charge on any atom is -0.462 e. The maximum atomic E-state index is 12.9. The van der Waals surface area contributed by atoms with Crippen LogP contribution in [0.5, 0.6) is 0 Å². The third kappa shape index (κ3) is 59.9. The molecule has 516 valence electrons. The first-order chi connectivity index (χ1) is 43.2. The lowest BCUT2D eigenvalue weighted by Crippen LogP contribution is -2.30. The predicted octanol–water partition coefficient (Wildman–Crippen LogP) is 11.2. The standard InChI is InChI=1S/C65H116N4O20/c1-5-9-46-66-86-62(76)42-31-22-14-19-28-38-58(72)81-51-54(84-60(74)40-29-20-15-23-32-43-63(77)87-67-47-10-6-2)50-80-56(70)36-26-17-13-18-27-37-57(71)82-52-55(53-83-59(73)39-34-25-35-45-65(79)89-69-49-12-8-4)85-61(75)41-30-21-16-24-33-44-64(78)88-68-48-11-7-3/h54-55,66-69H,5-53H2,1-4H3. The van der Waals surface area contributed by atoms with E-state index in [0.29, 0.717) is 135 Å². The van der Waals surface area contributed by atoms with E-state index in [2.05, 4.69) is 35.8 Å². The molecule has 0 spiro atoms. The van der Waals surface area contributed by atoms with E-state index in [1.807, 2.05) is 13.8 Å². The van der Waals surface area contributed by atoms with Crippen molar-refractivity contribution in [2.45, 2.75) is 303 Å². The van der Waals surface area contributed by atoms with Gasteiger partial charge in [0.15, 0.2) is 12.2 Å². The Morgan fingerprint density at radius 2 is 0.393 bits per heavy atom. The normalized spacial score (nSPS) is 11.6. The number of carbonyl (C=O) groups is 10. The van der Waals surface area contributed by atoms with Gasteiger partial charge in [0.2, 0.25) is 0 Å². The minimum atomic E-state index is -1.02. The molecule has 0 aliphatic carbocycles. The van der Waals surface area contributed by atoms with E-state index in [4.69, 9.17) is 47.8 Å². The molecular formula is C65H116N4O20. The lowest BCUT2D eigenvalue weighted by molar-refractivity contribution is -0.167. The second-order valence-electron chi connectivity index (χ2n) is 22.5. The number of nitrogens with one attached hydrogen (secondary N) is 4. The lowest BCUT2D eigenvalue weighted by atomic mass is 10.1. The van der Waals surface area contributed by atoms with E-state index in [-0.39, 0.29) is 95.3 Å². The Kier molecular flexibility index (Phi) is 58.9. The second-order valence-corrected chi connectivity index (χ2v) is 22.5. The molecule has 24 heteroatoms. The van der Waals surface area contributed by atoms with Crippen molar-refractivity contribution < 1.29 is 95.7 Å².